The molecule has 3 aromatic rings. The van der Waals surface area contributed by atoms with Gasteiger partial charge >= 0.3 is 5.97 Å². The van der Waals surface area contributed by atoms with Gasteiger partial charge in [-0.2, -0.15) is 5.26 Å². The number of carbonyl (C=O) groups excluding carboxylic acids is 1. The molecule has 0 bridgehead atoms. The Labute approximate surface area is 216 Å². The quantitative estimate of drug-likeness (QED) is 0.246. The molecule has 0 aromatic heterocycles. The molecule has 3 rings (SSSR count). The first kappa shape index (κ1) is 26.3. The van der Waals surface area contributed by atoms with Crippen molar-refractivity contribution in [2.75, 3.05) is 19.0 Å². The average Bonchev–Trinajstić information content (AvgIpc) is 2.87. The van der Waals surface area contributed by atoms with E-state index in [0.29, 0.717) is 39.6 Å². The van der Waals surface area contributed by atoms with Crippen LogP contribution in [0.4, 0.5) is 5.69 Å². The highest BCUT2D eigenvalue weighted by molar-refractivity contribution is 9.10. The van der Waals surface area contributed by atoms with Crippen LogP contribution in [0.15, 0.2) is 70.7 Å². The summed E-state index contributed by atoms with van der Waals surface area (Å²) in [5.41, 5.74) is 1.91. The molecule has 2 N–H and O–H groups in total. The molecule has 0 aliphatic heterocycles. The van der Waals surface area contributed by atoms with Gasteiger partial charge in [0, 0.05) is 16.2 Å². The van der Waals surface area contributed by atoms with E-state index < -0.39 is 11.9 Å². The minimum atomic E-state index is -0.999. The zero-order valence-corrected chi connectivity index (χ0v) is 21.2. The number of hydrogen-bond acceptors (Lipinski definition) is 6. The molecule has 0 aliphatic carbocycles. The predicted octanol–water partition coefficient (Wildman–Crippen LogP) is 5.68. The van der Waals surface area contributed by atoms with E-state index in [0.717, 1.165) is 5.56 Å². The molecule has 0 heterocycles. The first-order valence-electron chi connectivity index (χ1n) is 10.8. The van der Waals surface area contributed by atoms with Gasteiger partial charge in [0.25, 0.3) is 5.91 Å². The summed E-state index contributed by atoms with van der Waals surface area (Å²) in [7, 11) is 1.48. The lowest BCUT2D eigenvalue weighted by atomic mass is 10.1. The van der Waals surface area contributed by atoms with E-state index >= 15 is 0 Å². The van der Waals surface area contributed by atoms with Crippen molar-refractivity contribution in [3.05, 3.63) is 87.4 Å². The van der Waals surface area contributed by atoms with Crippen molar-refractivity contribution in [1.29, 1.82) is 5.26 Å². The number of hydrogen-bond donors (Lipinski definition) is 2. The minimum Gasteiger partial charge on any atom is -0.494 e. The molecular formula is C27H23BrN2O6. The number of carboxylic acid groups (broad SMARTS) is 1. The number of anilines is 1. The van der Waals surface area contributed by atoms with Crippen molar-refractivity contribution in [3.63, 3.8) is 0 Å². The van der Waals surface area contributed by atoms with E-state index in [4.69, 9.17) is 19.3 Å². The van der Waals surface area contributed by atoms with Gasteiger partial charge < -0.3 is 24.6 Å². The minimum absolute atomic E-state index is 0.105. The second kappa shape index (κ2) is 12.4. The van der Waals surface area contributed by atoms with Crippen LogP contribution < -0.4 is 19.5 Å². The largest absolute Gasteiger partial charge is 0.494 e. The van der Waals surface area contributed by atoms with E-state index in [1.807, 2.05) is 13.0 Å². The lowest BCUT2D eigenvalue weighted by Gasteiger charge is -2.13. The smallest absolute Gasteiger partial charge is 0.335 e. The van der Waals surface area contributed by atoms with E-state index in [1.54, 1.807) is 48.5 Å². The molecule has 0 fully saturated rings. The Bertz CT molecular complexity index is 1330. The van der Waals surface area contributed by atoms with Crippen molar-refractivity contribution in [3.8, 4) is 23.3 Å². The van der Waals surface area contributed by atoms with Crippen LogP contribution in [0.25, 0.3) is 6.08 Å². The van der Waals surface area contributed by atoms with Gasteiger partial charge in [0.15, 0.2) is 11.5 Å². The van der Waals surface area contributed by atoms with Crippen molar-refractivity contribution in [1.82, 2.24) is 0 Å². The first-order valence-corrected chi connectivity index (χ1v) is 11.6. The maximum absolute atomic E-state index is 12.7. The van der Waals surface area contributed by atoms with Crippen molar-refractivity contribution >= 4 is 39.6 Å². The van der Waals surface area contributed by atoms with Crippen molar-refractivity contribution in [2.24, 2.45) is 0 Å². The number of aromatic carboxylic acids is 1. The first-order chi connectivity index (χ1) is 17.3. The van der Waals surface area contributed by atoms with Crippen LogP contribution in [-0.2, 0) is 11.4 Å². The van der Waals surface area contributed by atoms with Crippen LogP contribution in [0.3, 0.4) is 0 Å². The molecule has 36 heavy (non-hydrogen) atoms. The highest BCUT2D eigenvalue weighted by atomic mass is 79.9. The number of carbonyl (C=O) groups is 2. The summed E-state index contributed by atoms with van der Waals surface area (Å²) in [4.78, 5) is 23.7. The predicted molar refractivity (Wildman–Crippen MR) is 138 cm³/mol. The molecule has 9 heteroatoms. The van der Waals surface area contributed by atoms with Crippen LogP contribution in [0.1, 0.15) is 28.4 Å². The summed E-state index contributed by atoms with van der Waals surface area (Å²) in [5, 5.41) is 21.3. The fourth-order valence-corrected chi connectivity index (χ4v) is 3.61. The van der Waals surface area contributed by atoms with Crippen LogP contribution in [0.5, 0.6) is 17.2 Å². The van der Waals surface area contributed by atoms with Gasteiger partial charge in [-0.15, -0.1) is 0 Å². The van der Waals surface area contributed by atoms with Gasteiger partial charge in [0.05, 0.1) is 19.3 Å². The number of ether oxygens (including phenoxy) is 3. The highest BCUT2D eigenvalue weighted by Crippen LogP contribution is 2.35. The Morgan fingerprint density at radius 2 is 1.83 bits per heavy atom. The molecule has 0 aliphatic rings. The second-order valence-corrected chi connectivity index (χ2v) is 8.25. The fraction of sp³-hybridized carbons (Fsp3) is 0.148. The molecule has 3 aromatic carbocycles. The molecule has 184 valence electrons. The Kier molecular flexibility index (Phi) is 9.08. The van der Waals surface area contributed by atoms with Crippen LogP contribution in [0, 0.1) is 11.3 Å². The molecule has 0 saturated heterocycles. The Morgan fingerprint density at radius 1 is 1.08 bits per heavy atom. The van der Waals surface area contributed by atoms with Gasteiger partial charge in [-0.1, -0.05) is 34.1 Å². The Balaban J connectivity index is 1.78. The molecule has 1 amide bonds. The van der Waals surface area contributed by atoms with E-state index in [9.17, 15) is 14.9 Å². The highest BCUT2D eigenvalue weighted by Gasteiger charge is 2.14. The van der Waals surface area contributed by atoms with Gasteiger partial charge in [-0.05, 0) is 60.5 Å². The summed E-state index contributed by atoms with van der Waals surface area (Å²) in [5.74, 6) is -0.129. The summed E-state index contributed by atoms with van der Waals surface area (Å²) in [6, 6.07) is 18.5. The van der Waals surface area contributed by atoms with E-state index in [1.165, 1.54) is 25.3 Å². The lowest BCUT2D eigenvalue weighted by molar-refractivity contribution is -0.112. The van der Waals surface area contributed by atoms with Gasteiger partial charge in [0.1, 0.15) is 24.0 Å². The monoisotopic (exact) mass is 550 g/mol. The van der Waals surface area contributed by atoms with Gasteiger partial charge in [-0.25, -0.2) is 4.79 Å². The third-order valence-corrected chi connectivity index (χ3v) is 5.63. The number of nitrogens with zero attached hydrogens (tertiary/aromatic N) is 1. The molecule has 0 atom stereocenters. The molecule has 0 unspecified atom stereocenters. The molecule has 0 spiro atoms. The third kappa shape index (κ3) is 6.87. The lowest BCUT2D eigenvalue weighted by Crippen LogP contribution is -2.13. The number of nitriles is 1. The average molecular weight is 551 g/mol. The Morgan fingerprint density at radius 3 is 2.47 bits per heavy atom. The van der Waals surface area contributed by atoms with Crippen molar-refractivity contribution in [2.45, 2.75) is 13.5 Å². The standard InChI is InChI=1S/C27H23BrN2O6/c1-3-35-22-6-4-5-21(13-22)30-26(31)20(15-29)11-19-12-24(34-2)25(14-23(19)28)36-16-17-7-9-18(10-8-17)27(32)33/h4-14H,3,16H2,1-2H3,(H,30,31)(H,32,33)/b20-11-. The SMILES string of the molecule is CCOc1cccc(NC(=O)/C(C#N)=C\c2cc(OC)c(OCc3ccc(C(=O)O)cc3)cc2Br)c1. The molecule has 8 nitrogen and oxygen atoms in total. The zero-order chi connectivity index (χ0) is 26.1. The third-order valence-electron chi connectivity index (χ3n) is 4.95. The van der Waals surface area contributed by atoms with Crippen molar-refractivity contribution < 1.29 is 28.9 Å². The van der Waals surface area contributed by atoms with Crippen LogP contribution in [-0.4, -0.2) is 30.7 Å². The Hall–Kier alpha value is -4.29. The number of nitrogens with one attached hydrogen (secondary N) is 1. The van der Waals surface area contributed by atoms with Gasteiger partial charge in [-0.3, -0.25) is 4.79 Å². The number of halogens is 1. The summed E-state index contributed by atoms with van der Waals surface area (Å²) >= 11 is 3.46. The summed E-state index contributed by atoms with van der Waals surface area (Å²) in [6.45, 7) is 2.54. The van der Waals surface area contributed by atoms with Crippen LogP contribution >= 0.6 is 15.9 Å². The summed E-state index contributed by atoms with van der Waals surface area (Å²) in [6.07, 6.45) is 1.45. The fourth-order valence-electron chi connectivity index (χ4n) is 3.17. The summed E-state index contributed by atoms with van der Waals surface area (Å²) < 4.78 is 17.3. The van der Waals surface area contributed by atoms with Crippen LogP contribution in [0.2, 0.25) is 0 Å². The molecular weight excluding hydrogens is 528 g/mol. The normalized spacial score (nSPS) is 10.8. The maximum atomic E-state index is 12.7. The molecule has 0 radical (unpaired) electrons. The second-order valence-electron chi connectivity index (χ2n) is 7.40. The van der Waals surface area contributed by atoms with E-state index in [2.05, 4.69) is 21.2 Å². The number of methoxy groups -OCH3 is 1. The number of amides is 1. The maximum Gasteiger partial charge on any atom is 0.335 e. The van der Waals surface area contributed by atoms with E-state index in [-0.39, 0.29) is 17.7 Å². The number of rotatable bonds is 10. The topological polar surface area (TPSA) is 118 Å². The zero-order valence-electron chi connectivity index (χ0n) is 19.6. The van der Waals surface area contributed by atoms with Gasteiger partial charge in [0.2, 0.25) is 0 Å². The number of benzene rings is 3. The number of carboxylic acids is 1. The molecule has 0 saturated carbocycles.